The van der Waals surface area contributed by atoms with E-state index in [1.807, 2.05) is 41.8 Å². The maximum absolute atomic E-state index is 12.5. The zero-order valence-electron chi connectivity index (χ0n) is 14.3. The molecule has 0 fully saturated rings. The molecular weight excluding hydrogens is 403 g/mol. The van der Waals surface area contributed by atoms with Crippen LogP contribution in [0.4, 0.5) is 9.93 Å². The van der Waals surface area contributed by atoms with E-state index in [1.54, 1.807) is 18.2 Å². The molecule has 2 aromatic carbocycles. The van der Waals surface area contributed by atoms with Crippen LogP contribution in [0.5, 0.6) is 0 Å². The van der Waals surface area contributed by atoms with Gasteiger partial charge in [-0.25, -0.2) is 14.7 Å². The van der Waals surface area contributed by atoms with E-state index in [0.717, 1.165) is 11.1 Å². The fraction of sp³-hybridized carbons (Fsp3) is 0.100. The van der Waals surface area contributed by atoms with E-state index in [1.165, 1.54) is 16.2 Å². The molecule has 0 aliphatic rings. The molecule has 4 nitrogen and oxygen atoms in total. The number of rotatable bonds is 6. The predicted molar refractivity (Wildman–Crippen MR) is 112 cm³/mol. The fourth-order valence-corrected chi connectivity index (χ4v) is 3.46. The van der Waals surface area contributed by atoms with Gasteiger partial charge in [-0.15, -0.1) is 17.9 Å². The van der Waals surface area contributed by atoms with Crippen LogP contribution in [0.25, 0.3) is 11.3 Å². The molecule has 138 valence electrons. The van der Waals surface area contributed by atoms with Crippen LogP contribution < -0.4 is 4.90 Å². The lowest BCUT2D eigenvalue weighted by Gasteiger charge is -2.17. The number of ether oxygens (including phenoxy) is 1. The second-order valence-electron chi connectivity index (χ2n) is 5.58. The number of aromatic nitrogens is 1. The number of benzene rings is 2. The van der Waals surface area contributed by atoms with Gasteiger partial charge in [0.15, 0.2) is 5.13 Å². The van der Waals surface area contributed by atoms with Gasteiger partial charge in [-0.2, -0.15) is 0 Å². The molecule has 27 heavy (non-hydrogen) atoms. The molecule has 3 rings (SSSR count). The van der Waals surface area contributed by atoms with Gasteiger partial charge >= 0.3 is 6.09 Å². The summed E-state index contributed by atoms with van der Waals surface area (Å²) in [5.41, 5.74) is 2.45. The van der Waals surface area contributed by atoms with Gasteiger partial charge in [0.1, 0.15) is 6.61 Å². The van der Waals surface area contributed by atoms with Gasteiger partial charge < -0.3 is 4.74 Å². The molecule has 1 amide bonds. The predicted octanol–water partition coefficient (Wildman–Crippen LogP) is 6.45. The molecule has 0 radical (unpaired) electrons. The number of hydrogen-bond acceptors (Lipinski definition) is 4. The Morgan fingerprint density at radius 1 is 1.19 bits per heavy atom. The van der Waals surface area contributed by atoms with Gasteiger partial charge in [0.2, 0.25) is 0 Å². The third-order valence-electron chi connectivity index (χ3n) is 3.68. The number of nitrogens with zero attached hydrogens (tertiary/aromatic N) is 2. The van der Waals surface area contributed by atoms with Crippen molar-refractivity contribution in [3.8, 4) is 11.3 Å². The molecule has 0 spiro atoms. The zero-order valence-corrected chi connectivity index (χ0v) is 16.6. The van der Waals surface area contributed by atoms with Crippen LogP contribution in [-0.4, -0.2) is 17.6 Å². The van der Waals surface area contributed by atoms with Crippen molar-refractivity contribution in [1.82, 2.24) is 4.98 Å². The first-order valence-corrected chi connectivity index (χ1v) is 9.72. The Balaban J connectivity index is 1.76. The molecule has 0 aliphatic heterocycles. The van der Waals surface area contributed by atoms with E-state index in [2.05, 4.69) is 11.6 Å². The summed E-state index contributed by atoms with van der Waals surface area (Å²) in [5.74, 6) is 0. The van der Waals surface area contributed by atoms with Gasteiger partial charge in [-0.3, -0.25) is 0 Å². The standard InChI is InChI=1S/C20H16Cl2N2O2S/c1-2-10-24(20(25)26-12-14-6-4-3-5-7-14)19-23-18(13-27-19)15-8-9-16(21)17(22)11-15/h2-9,11,13H,1,10,12H2. The third kappa shape index (κ3) is 4.89. The van der Waals surface area contributed by atoms with E-state index >= 15 is 0 Å². The minimum Gasteiger partial charge on any atom is -0.444 e. The Morgan fingerprint density at radius 3 is 2.67 bits per heavy atom. The van der Waals surface area contributed by atoms with Crippen molar-refractivity contribution >= 4 is 45.8 Å². The highest BCUT2D eigenvalue weighted by molar-refractivity contribution is 7.14. The number of carbonyl (C=O) groups excluding carboxylic acids is 1. The highest BCUT2D eigenvalue weighted by atomic mass is 35.5. The third-order valence-corrected chi connectivity index (χ3v) is 5.28. The number of thiazole rings is 1. The average Bonchev–Trinajstić information content (AvgIpc) is 3.17. The number of amides is 1. The Bertz CT molecular complexity index is 944. The number of anilines is 1. The quantitative estimate of drug-likeness (QED) is 0.432. The van der Waals surface area contributed by atoms with Crippen molar-refractivity contribution in [2.24, 2.45) is 0 Å². The largest absolute Gasteiger partial charge is 0.444 e. The SMILES string of the molecule is C=CCN(C(=O)OCc1ccccc1)c1nc(-c2ccc(Cl)c(Cl)c2)cs1. The monoisotopic (exact) mass is 418 g/mol. The molecular formula is C20H16Cl2N2O2S. The number of hydrogen-bond donors (Lipinski definition) is 0. The number of halogens is 2. The topological polar surface area (TPSA) is 42.4 Å². The Labute approximate surface area is 171 Å². The van der Waals surface area contributed by atoms with E-state index in [-0.39, 0.29) is 6.61 Å². The first kappa shape index (κ1) is 19.4. The lowest BCUT2D eigenvalue weighted by molar-refractivity contribution is 0.147. The summed E-state index contributed by atoms with van der Waals surface area (Å²) >= 11 is 13.4. The molecule has 0 N–H and O–H groups in total. The van der Waals surface area contributed by atoms with Gasteiger partial charge in [0, 0.05) is 17.5 Å². The van der Waals surface area contributed by atoms with E-state index in [4.69, 9.17) is 27.9 Å². The lowest BCUT2D eigenvalue weighted by atomic mass is 10.2. The van der Waals surface area contributed by atoms with E-state index in [9.17, 15) is 4.79 Å². The molecule has 0 saturated heterocycles. The summed E-state index contributed by atoms with van der Waals surface area (Å²) < 4.78 is 5.41. The van der Waals surface area contributed by atoms with Crippen molar-refractivity contribution in [3.05, 3.63) is 82.2 Å². The maximum Gasteiger partial charge on any atom is 0.416 e. The molecule has 1 aromatic heterocycles. The van der Waals surface area contributed by atoms with Gasteiger partial charge in [0.25, 0.3) is 0 Å². The molecule has 0 saturated carbocycles. The zero-order chi connectivity index (χ0) is 19.2. The van der Waals surface area contributed by atoms with Crippen LogP contribution in [0.15, 0.2) is 66.6 Å². The van der Waals surface area contributed by atoms with Crippen molar-refractivity contribution < 1.29 is 9.53 Å². The molecule has 3 aromatic rings. The molecule has 0 atom stereocenters. The fourth-order valence-electron chi connectivity index (χ4n) is 2.33. The van der Waals surface area contributed by atoms with Crippen LogP contribution in [0.1, 0.15) is 5.56 Å². The lowest BCUT2D eigenvalue weighted by Crippen LogP contribution is -2.31. The molecule has 7 heteroatoms. The Morgan fingerprint density at radius 2 is 1.96 bits per heavy atom. The Kier molecular flexibility index (Phi) is 6.50. The smallest absolute Gasteiger partial charge is 0.416 e. The summed E-state index contributed by atoms with van der Waals surface area (Å²) in [5, 5.41) is 3.31. The highest BCUT2D eigenvalue weighted by Gasteiger charge is 2.20. The molecule has 0 bridgehead atoms. The molecule has 0 aliphatic carbocycles. The van der Waals surface area contributed by atoms with Gasteiger partial charge in [-0.1, -0.05) is 65.7 Å². The first-order valence-electron chi connectivity index (χ1n) is 8.08. The highest BCUT2D eigenvalue weighted by Crippen LogP contribution is 2.32. The van der Waals surface area contributed by atoms with E-state index < -0.39 is 6.09 Å². The number of carbonyl (C=O) groups is 1. The minimum absolute atomic E-state index is 0.193. The molecule has 1 heterocycles. The maximum atomic E-state index is 12.5. The normalized spacial score (nSPS) is 10.4. The van der Waals surface area contributed by atoms with Crippen LogP contribution in [0.3, 0.4) is 0 Å². The molecule has 0 unspecified atom stereocenters. The van der Waals surface area contributed by atoms with Crippen molar-refractivity contribution in [3.63, 3.8) is 0 Å². The van der Waals surface area contributed by atoms with Crippen molar-refractivity contribution in [2.75, 3.05) is 11.4 Å². The van der Waals surface area contributed by atoms with Crippen LogP contribution >= 0.6 is 34.5 Å². The second-order valence-corrected chi connectivity index (χ2v) is 7.23. The van der Waals surface area contributed by atoms with Crippen LogP contribution in [-0.2, 0) is 11.3 Å². The Hall–Kier alpha value is -2.34. The van der Waals surface area contributed by atoms with Crippen molar-refractivity contribution in [1.29, 1.82) is 0 Å². The summed E-state index contributed by atoms with van der Waals surface area (Å²) in [7, 11) is 0. The van der Waals surface area contributed by atoms with E-state index in [0.29, 0.717) is 27.4 Å². The average molecular weight is 419 g/mol. The summed E-state index contributed by atoms with van der Waals surface area (Å²) in [6.45, 7) is 4.19. The van der Waals surface area contributed by atoms with Crippen LogP contribution in [0.2, 0.25) is 10.0 Å². The summed E-state index contributed by atoms with van der Waals surface area (Å²) in [6, 6.07) is 14.8. The van der Waals surface area contributed by atoms with Crippen molar-refractivity contribution in [2.45, 2.75) is 6.61 Å². The first-order chi connectivity index (χ1) is 13.1. The van der Waals surface area contributed by atoms with Gasteiger partial charge in [0.05, 0.1) is 15.7 Å². The van der Waals surface area contributed by atoms with Crippen LogP contribution in [0, 0.1) is 0 Å². The minimum atomic E-state index is -0.478. The second kappa shape index (κ2) is 9.04. The summed E-state index contributed by atoms with van der Waals surface area (Å²) in [6.07, 6.45) is 1.15. The summed E-state index contributed by atoms with van der Waals surface area (Å²) in [4.78, 5) is 18.5. The van der Waals surface area contributed by atoms with Gasteiger partial charge in [-0.05, 0) is 17.7 Å².